The number of allylic oxidation sites excluding steroid dienone is 4. The molecule has 0 aromatic rings. The number of ether oxygens (including phenoxy) is 2. The quantitative estimate of drug-likeness (QED) is 0.285. The number of hydrogen-bond donors (Lipinski definition) is 1. The Morgan fingerprint density at radius 2 is 1.72 bits per heavy atom. The lowest BCUT2D eigenvalue weighted by Crippen LogP contribution is -2.55. The van der Waals surface area contributed by atoms with E-state index < -0.39 is 23.1 Å². The average molecular weight is 637 g/mol. The minimum atomic E-state index is -0.664. The van der Waals surface area contributed by atoms with Crippen molar-refractivity contribution in [3.05, 3.63) is 23.3 Å². The first-order valence-corrected chi connectivity index (χ1v) is 17.2. The summed E-state index contributed by atoms with van der Waals surface area (Å²) >= 11 is 0. The summed E-state index contributed by atoms with van der Waals surface area (Å²) in [7, 11) is 0. The number of carbonyl (C=O) groups is 4. The molecule has 46 heavy (non-hydrogen) atoms. The zero-order valence-electron chi connectivity index (χ0n) is 29.9. The summed E-state index contributed by atoms with van der Waals surface area (Å²) in [6, 6.07) is 2.14. The molecule has 0 spiro atoms. The van der Waals surface area contributed by atoms with Crippen molar-refractivity contribution in [1.29, 1.82) is 5.26 Å². The number of esters is 1. The average Bonchev–Trinajstić information content (AvgIpc) is 2.93. The van der Waals surface area contributed by atoms with E-state index in [1.165, 1.54) is 0 Å². The molecule has 0 aromatic heterocycles. The highest BCUT2D eigenvalue weighted by atomic mass is 16.6. The van der Waals surface area contributed by atoms with Gasteiger partial charge < -0.3 is 14.8 Å². The van der Waals surface area contributed by atoms with Crippen LogP contribution in [0.25, 0.3) is 0 Å². The second kappa shape index (κ2) is 12.3. The van der Waals surface area contributed by atoms with E-state index in [-0.39, 0.29) is 69.7 Å². The maximum absolute atomic E-state index is 13.6. The Hall–Kier alpha value is -2.95. The van der Waals surface area contributed by atoms with Crippen molar-refractivity contribution in [3.8, 4) is 6.07 Å². The third-order valence-electron chi connectivity index (χ3n) is 12.6. The van der Waals surface area contributed by atoms with Crippen LogP contribution in [-0.2, 0) is 23.9 Å². The standard InChI is InChI=1S/C38H56N2O6/c1-24-18-34(6,7)13-15-38(24,23-45-30(42)22-40-32(44)46-33(3,4)5)16-14-35(8)20-27(41)17-29-36(9)19-26(21-39)31(43)25(2)28(36)11-12-37(29,35)10/h17,19,24-25,28H,11-16,18,20,22-23H2,1-10H3,(H,40,44)/t24?,25-,28-,35+,36-,37+,38+/m0/s1. The van der Waals surface area contributed by atoms with Crippen molar-refractivity contribution in [2.24, 2.45) is 44.8 Å². The summed E-state index contributed by atoms with van der Waals surface area (Å²) in [4.78, 5) is 51.5. The molecule has 8 nitrogen and oxygen atoms in total. The molecule has 0 aliphatic heterocycles. The van der Waals surface area contributed by atoms with Gasteiger partial charge in [-0.1, -0.05) is 60.1 Å². The summed E-state index contributed by atoms with van der Waals surface area (Å²) in [5.74, 6) is -0.426. The molecule has 0 bridgehead atoms. The molecule has 0 radical (unpaired) electrons. The number of fused-ring (bicyclic) bond motifs is 3. The van der Waals surface area contributed by atoms with E-state index in [1.807, 2.05) is 19.1 Å². The molecule has 0 heterocycles. The monoisotopic (exact) mass is 636 g/mol. The fourth-order valence-electron chi connectivity index (χ4n) is 9.51. The zero-order chi connectivity index (χ0) is 34.5. The normalized spacial score (nSPS) is 37.1. The molecule has 4 aliphatic carbocycles. The van der Waals surface area contributed by atoms with Gasteiger partial charge in [-0.2, -0.15) is 5.26 Å². The van der Waals surface area contributed by atoms with Crippen LogP contribution in [0.3, 0.4) is 0 Å². The first kappa shape index (κ1) is 35.9. The number of nitrogens with zero attached hydrogens (tertiary/aromatic N) is 1. The van der Waals surface area contributed by atoms with Gasteiger partial charge in [0.2, 0.25) is 0 Å². The second-order valence-corrected chi connectivity index (χ2v) is 17.5. The van der Waals surface area contributed by atoms with Crippen LogP contribution < -0.4 is 5.32 Å². The Labute approximate surface area is 276 Å². The van der Waals surface area contributed by atoms with Gasteiger partial charge in [-0.25, -0.2) is 4.79 Å². The predicted octanol–water partition coefficient (Wildman–Crippen LogP) is 7.66. The Morgan fingerprint density at radius 3 is 2.33 bits per heavy atom. The summed E-state index contributed by atoms with van der Waals surface area (Å²) in [6.45, 7) is 20.7. The fraction of sp³-hybridized carbons (Fsp3) is 0.763. The second-order valence-electron chi connectivity index (χ2n) is 17.5. The van der Waals surface area contributed by atoms with Gasteiger partial charge in [0.1, 0.15) is 18.2 Å². The first-order chi connectivity index (χ1) is 21.1. The van der Waals surface area contributed by atoms with Gasteiger partial charge in [0.15, 0.2) is 11.6 Å². The molecular weight excluding hydrogens is 580 g/mol. The first-order valence-electron chi connectivity index (χ1n) is 17.2. The number of ketones is 2. The van der Waals surface area contributed by atoms with Crippen LogP contribution in [0.5, 0.6) is 0 Å². The lowest BCUT2D eigenvalue weighted by Gasteiger charge is -2.62. The van der Waals surface area contributed by atoms with E-state index in [1.54, 1.807) is 20.8 Å². The predicted molar refractivity (Wildman–Crippen MR) is 176 cm³/mol. The molecule has 0 saturated heterocycles. The van der Waals surface area contributed by atoms with E-state index in [0.29, 0.717) is 6.42 Å². The number of rotatable bonds is 7. The van der Waals surface area contributed by atoms with Gasteiger partial charge >= 0.3 is 12.1 Å². The number of hydrogen-bond acceptors (Lipinski definition) is 7. The minimum Gasteiger partial charge on any atom is -0.464 e. The van der Waals surface area contributed by atoms with Crippen molar-refractivity contribution in [1.82, 2.24) is 5.32 Å². The van der Waals surface area contributed by atoms with Gasteiger partial charge in [0.05, 0.1) is 12.2 Å². The molecule has 254 valence electrons. The number of nitrogens with one attached hydrogen (secondary N) is 1. The van der Waals surface area contributed by atoms with Crippen LogP contribution in [0.15, 0.2) is 23.3 Å². The van der Waals surface area contributed by atoms with E-state index in [0.717, 1.165) is 50.5 Å². The van der Waals surface area contributed by atoms with Crippen LogP contribution in [0.4, 0.5) is 4.79 Å². The zero-order valence-corrected chi connectivity index (χ0v) is 29.9. The summed E-state index contributed by atoms with van der Waals surface area (Å²) in [5.41, 5.74) is -0.663. The number of nitriles is 1. The SMILES string of the molecule is CC1CC(C)(C)CC[C@@]1(CC[C@]1(C)CC(=O)C=C2[C@@]3(C)C=C(C#N)C(=O)[C@@H](C)[C@@H]3CC[C@]21C)COC(=O)CNC(=O)OC(C)(C)C. The van der Waals surface area contributed by atoms with Crippen LogP contribution in [0.1, 0.15) is 121 Å². The Kier molecular flexibility index (Phi) is 9.56. The molecule has 0 aromatic carbocycles. The lowest BCUT2D eigenvalue weighted by molar-refractivity contribution is -0.150. The molecule has 1 unspecified atom stereocenters. The molecular formula is C38H56N2O6. The number of amides is 1. The topological polar surface area (TPSA) is 123 Å². The Balaban J connectivity index is 1.58. The number of alkyl carbamates (subject to hydrolysis) is 1. The largest absolute Gasteiger partial charge is 0.464 e. The van der Waals surface area contributed by atoms with Gasteiger partial charge in [-0.05, 0) is 99.9 Å². The molecule has 7 atom stereocenters. The molecule has 2 saturated carbocycles. The third-order valence-corrected chi connectivity index (χ3v) is 12.6. The van der Waals surface area contributed by atoms with Gasteiger partial charge in [-0.3, -0.25) is 14.4 Å². The summed E-state index contributed by atoms with van der Waals surface area (Å²) in [5, 5.41) is 12.3. The van der Waals surface area contributed by atoms with E-state index in [4.69, 9.17) is 9.47 Å². The highest BCUT2D eigenvalue weighted by molar-refractivity contribution is 6.02. The van der Waals surface area contributed by atoms with Crippen LogP contribution in [0.2, 0.25) is 0 Å². The highest BCUT2D eigenvalue weighted by Crippen LogP contribution is 2.68. The van der Waals surface area contributed by atoms with E-state index in [2.05, 4.69) is 52.9 Å². The minimum absolute atomic E-state index is 0.0483. The molecule has 2 fully saturated rings. The molecule has 8 heteroatoms. The maximum Gasteiger partial charge on any atom is 0.408 e. The van der Waals surface area contributed by atoms with Crippen LogP contribution >= 0.6 is 0 Å². The summed E-state index contributed by atoms with van der Waals surface area (Å²) in [6.07, 6.45) is 9.72. The van der Waals surface area contributed by atoms with Crippen molar-refractivity contribution < 1.29 is 28.7 Å². The maximum atomic E-state index is 13.6. The molecule has 4 rings (SSSR count). The Bertz CT molecular complexity index is 1380. The highest BCUT2D eigenvalue weighted by Gasteiger charge is 2.61. The van der Waals surface area contributed by atoms with Crippen molar-refractivity contribution in [3.63, 3.8) is 0 Å². The molecule has 1 N–H and O–H groups in total. The van der Waals surface area contributed by atoms with Gasteiger partial charge in [-0.15, -0.1) is 0 Å². The number of Topliss-reactive ketones (excluding diaryl/α,β-unsaturated/α-hetero) is 1. The molecule has 1 amide bonds. The Morgan fingerprint density at radius 1 is 1.04 bits per heavy atom. The molecule has 4 aliphatic rings. The van der Waals surface area contributed by atoms with Crippen molar-refractivity contribution >= 4 is 23.6 Å². The fourth-order valence-corrected chi connectivity index (χ4v) is 9.51. The van der Waals surface area contributed by atoms with E-state index in [9.17, 15) is 24.4 Å². The van der Waals surface area contributed by atoms with Crippen LogP contribution in [0, 0.1) is 56.2 Å². The van der Waals surface area contributed by atoms with Gasteiger partial charge in [0.25, 0.3) is 0 Å². The summed E-state index contributed by atoms with van der Waals surface area (Å²) < 4.78 is 11.2. The third kappa shape index (κ3) is 6.71. The van der Waals surface area contributed by atoms with Crippen LogP contribution in [-0.4, -0.2) is 42.4 Å². The lowest BCUT2D eigenvalue weighted by atomic mass is 9.41. The van der Waals surface area contributed by atoms with E-state index >= 15 is 0 Å². The smallest absolute Gasteiger partial charge is 0.408 e. The number of carbonyl (C=O) groups excluding carboxylic acids is 4. The van der Waals surface area contributed by atoms with Crippen molar-refractivity contribution in [2.45, 2.75) is 126 Å². The van der Waals surface area contributed by atoms with Crippen molar-refractivity contribution in [2.75, 3.05) is 13.2 Å². The van der Waals surface area contributed by atoms with Gasteiger partial charge in [0, 0.05) is 23.2 Å².